The van der Waals surface area contributed by atoms with E-state index in [1.807, 2.05) is 27.0 Å². The molecule has 0 bridgehead atoms. The minimum Gasteiger partial charge on any atom is -0.444 e. The fourth-order valence-corrected chi connectivity index (χ4v) is 5.10. The van der Waals surface area contributed by atoms with Gasteiger partial charge in [-0.15, -0.1) is 0 Å². The van der Waals surface area contributed by atoms with Crippen molar-refractivity contribution in [3.8, 4) is 0 Å². The first-order valence-corrected chi connectivity index (χ1v) is 11.8. The smallest absolute Gasteiger partial charge is 0.410 e. The third kappa shape index (κ3) is 7.62. The van der Waals surface area contributed by atoms with Gasteiger partial charge in [-0.05, 0) is 80.9 Å². The van der Waals surface area contributed by atoms with Crippen LogP contribution < -0.4 is 4.90 Å². The third-order valence-corrected chi connectivity index (χ3v) is 6.27. The normalized spacial score (nSPS) is 17.9. The number of nitrogens with zero attached hydrogens (tertiary/aromatic N) is 3. The molecule has 1 aromatic heterocycles. The van der Waals surface area contributed by atoms with E-state index in [0.29, 0.717) is 6.04 Å². The number of ether oxygens (including phenoxy) is 1. The Kier molecular flexibility index (Phi) is 9.51. The minimum absolute atomic E-state index is 0.132. The summed E-state index contributed by atoms with van der Waals surface area (Å²) in [7, 11) is 0. The van der Waals surface area contributed by atoms with Crippen LogP contribution in [-0.2, 0) is 14.3 Å². The van der Waals surface area contributed by atoms with Gasteiger partial charge in [0, 0.05) is 31.4 Å². The number of aryl methyl sites for hydroxylation is 1. The molecular formula is C23H34BrN3O4. The van der Waals surface area contributed by atoms with Crippen molar-refractivity contribution in [3.63, 3.8) is 0 Å². The van der Waals surface area contributed by atoms with E-state index < -0.39 is 5.60 Å². The van der Waals surface area contributed by atoms with Crippen LogP contribution in [0.2, 0.25) is 0 Å². The topological polar surface area (TPSA) is 79.8 Å². The SMILES string of the molecule is Cc1cnc(N2CCC(N(C(=O)OC(C)(C)C)C3CCCCC3)CC2)c(Br)c1.O=C=O. The molecule has 1 saturated carbocycles. The largest absolute Gasteiger partial charge is 0.444 e. The van der Waals surface area contributed by atoms with Crippen LogP contribution in [0.5, 0.6) is 0 Å². The Hall–Kier alpha value is -1.92. The number of carbonyl (C=O) groups excluding carboxylic acids is 3. The van der Waals surface area contributed by atoms with E-state index in [9.17, 15) is 4.79 Å². The summed E-state index contributed by atoms with van der Waals surface area (Å²) in [5.74, 6) is 1.01. The summed E-state index contributed by atoms with van der Waals surface area (Å²) in [4.78, 5) is 38.4. The molecule has 0 unspecified atom stereocenters. The van der Waals surface area contributed by atoms with Crippen LogP contribution in [0.25, 0.3) is 0 Å². The number of rotatable bonds is 3. The zero-order chi connectivity index (χ0) is 23.0. The van der Waals surface area contributed by atoms with Crippen molar-refractivity contribution < 1.29 is 19.1 Å². The highest BCUT2D eigenvalue weighted by molar-refractivity contribution is 9.10. The van der Waals surface area contributed by atoms with Crippen LogP contribution in [-0.4, -0.2) is 52.9 Å². The summed E-state index contributed by atoms with van der Waals surface area (Å²) in [6.45, 7) is 9.72. The number of halogens is 1. The Labute approximate surface area is 193 Å². The maximum atomic E-state index is 13.1. The van der Waals surface area contributed by atoms with Gasteiger partial charge >= 0.3 is 12.2 Å². The molecule has 7 nitrogen and oxygen atoms in total. The monoisotopic (exact) mass is 495 g/mol. The molecule has 8 heteroatoms. The third-order valence-electron chi connectivity index (χ3n) is 5.69. The molecule has 3 rings (SSSR count). The van der Waals surface area contributed by atoms with Crippen molar-refractivity contribution in [2.75, 3.05) is 18.0 Å². The van der Waals surface area contributed by atoms with Gasteiger partial charge in [0.15, 0.2) is 0 Å². The van der Waals surface area contributed by atoms with E-state index >= 15 is 0 Å². The molecule has 172 valence electrons. The second-order valence-corrected chi connectivity index (χ2v) is 10.2. The van der Waals surface area contributed by atoms with Crippen molar-refractivity contribution in [1.82, 2.24) is 9.88 Å². The molecule has 2 fully saturated rings. The number of aromatic nitrogens is 1. The second kappa shape index (κ2) is 11.6. The highest BCUT2D eigenvalue weighted by atomic mass is 79.9. The zero-order valence-corrected chi connectivity index (χ0v) is 20.6. The first-order chi connectivity index (χ1) is 14.7. The molecule has 1 aliphatic carbocycles. The summed E-state index contributed by atoms with van der Waals surface area (Å²) >= 11 is 3.66. The van der Waals surface area contributed by atoms with Gasteiger partial charge in [-0.3, -0.25) is 0 Å². The van der Waals surface area contributed by atoms with Crippen LogP contribution >= 0.6 is 15.9 Å². The van der Waals surface area contributed by atoms with Gasteiger partial charge < -0.3 is 14.5 Å². The number of hydrogen-bond donors (Lipinski definition) is 0. The van der Waals surface area contributed by atoms with Crippen LogP contribution in [0.1, 0.15) is 71.3 Å². The van der Waals surface area contributed by atoms with Crippen molar-refractivity contribution in [3.05, 3.63) is 22.3 Å². The average molecular weight is 496 g/mol. The molecule has 0 atom stereocenters. The summed E-state index contributed by atoms with van der Waals surface area (Å²) in [5.41, 5.74) is 0.695. The van der Waals surface area contributed by atoms with Crippen LogP contribution in [0, 0.1) is 6.92 Å². The number of anilines is 1. The van der Waals surface area contributed by atoms with Crippen molar-refractivity contribution >= 4 is 34.0 Å². The van der Waals surface area contributed by atoms with Crippen molar-refractivity contribution in [1.29, 1.82) is 0 Å². The molecule has 0 aromatic carbocycles. The number of pyridine rings is 1. The summed E-state index contributed by atoms with van der Waals surface area (Å²) in [5, 5.41) is 0. The predicted molar refractivity (Wildman–Crippen MR) is 122 cm³/mol. The fraction of sp³-hybridized carbons (Fsp3) is 0.696. The van der Waals surface area contributed by atoms with E-state index in [1.54, 1.807) is 0 Å². The van der Waals surface area contributed by atoms with Gasteiger partial charge in [-0.25, -0.2) is 9.78 Å². The molecule has 31 heavy (non-hydrogen) atoms. The maximum absolute atomic E-state index is 13.1. The average Bonchev–Trinajstić information content (AvgIpc) is 2.69. The lowest BCUT2D eigenvalue weighted by Gasteiger charge is -2.44. The molecule has 0 N–H and O–H groups in total. The zero-order valence-electron chi connectivity index (χ0n) is 19.0. The summed E-state index contributed by atoms with van der Waals surface area (Å²) < 4.78 is 6.85. The minimum atomic E-state index is -0.457. The summed E-state index contributed by atoms with van der Waals surface area (Å²) in [6.07, 6.45) is 9.86. The Morgan fingerprint density at radius 3 is 2.19 bits per heavy atom. The molecule has 0 radical (unpaired) electrons. The predicted octanol–water partition coefficient (Wildman–Crippen LogP) is 5.11. The van der Waals surface area contributed by atoms with Crippen LogP contribution in [0.15, 0.2) is 16.7 Å². The molecule has 1 aliphatic heterocycles. The Balaban J connectivity index is 0.00000107. The molecule has 2 heterocycles. The lowest BCUT2D eigenvalue weighted by molar-refractivity contribution is -0.191. The number of amides is 1. The van der Waals surface area contributed by atoms with Crippen LogP contribution in [0.4, 0.5) is 10.6 Å². The number of hydrogen-bond acceptors (Lipinski definition) is 6. The molecule has 0 spiro atoms. The van der Waals surface area contributed by atoms with Gasteiger partial charge in [0.25, 0.3) is 0 Å². The lowest BCUT2D eigenvalue weighted by atomic mass is 9.91. The van der Waals surface area contributed by atoms with Gasteiger partial charge in [-0.1, -0.05) is 19.3 Å². The number of piperidine rings is 1. The van der Waals surface area contributed by atoms with E-state index in [4.69, 9.17) is 14.3 Å². The van der Waals surface area contributed by atoms with Gasteiger partial charge in [0.1, 0.15) is 11.4 Å². The Morgan fingerprint density at radius 1 is 1.13 bits per heavy atom. The fourth-order valence-electron chi connectivity index (χ4n) is 4.38. The van der Waals surface area contributed by atoms with Gasteiger partial charge in [0.2, 0.25) is 0 Å². The molecule has 2 aliphatic rings. The van der Waals surface area contributed by atoms with E-state index in [-0.39, 0.29) is 18.3 Å². The first kappa shape index (κ1) is 25.3. The molecule has 1 amide bonds. The molecular weight excluding hydrogens is 462 g/mol. The van der Waals surface area contributed by atoms with Gasteiger partial charge in [0.05, 0.1) is 4.47 Å². The second-order valence-electron chi connectivity index (χ2n) is 9.30. The summed E-state index contributed by atoms with van der Waals surface area (Å²) in [6, 6.07) is 2.69. The maximum Gasteiger partial charge on any atom is 0.410 e. The van der Waals surface area contributed by atoms with E-state index in [2.05, 4.69) is 43.7 Å². The van der Waals surface area contributed by atoms with Crippen molar-refractivity contribution in [2.45, 2.75) is 90.3 Å². The van der Waals surface area contributed by atoms with Crippen LogP contribution in [0.3, 0.4) is 0 Å². The lowest BCUT2D eigenvalue weighted by Crippen LogP contribution is -2.53. The molecule has 1 aromatic rings. The first-order valence-electron chi connectivity index (χ1n) is 11.0. The Bertz CT molecular complexity index is 761. The standard InChI is InChI=1S/C22H34BrN3O2.CO2/c1-16-14-19(23)20(24-15-16)25-12-10-18(11-13-25)26(17-8-6-5-7-9-17)21(27)28-22(2,3)4;2-1-3/h14-15,17-18H,5-13H2,1-4H3;. The van der Waals surface area contributed by atoms with E-state index in [1.165, 1.54) is 19.3 Å². The highest BCUT2D eigenvalue weighted by Gasteiger charge is 2.36. The Morgan fingerprint density at radius 2 is 1.68 bits per heavy atom. The highest BCUT2D eigenvalue weighted by Crippen LogP contribution is 2.32. The molecule has 1 saturated heterocycles. The van der Waals surface area contributed by atoms with E-state index in [0.717, 1.165) is 54.6 Å². The van der Waals surface area contributed by atoms with Crippen molar-refractivity contribution in [2.24, 2.45) is 0 Å². The quantitative estimate of drug-likeness (QED) is 0.579. The number of carbonyl (C=O) groups is 1. The van der Waals surface area contributed by atoms with Gasteiger partial charge in [-0.2, -0.15) is 9.59 Å².